The van der Waals surface area contributed by atoms with Crippen LogP contribution >= 0.6 is 0 Å². The summed E-state index contributed by atoms with van der Waals surface area (Å²) in [4.78, 5) is 20.4. The van der Waals surface area contributed by atoms with Gasteiger partial charge in [0.05, 0.1) is 17.4 Å². The summed E-state index contributed by atoms with van der Waals surface area (Å²) >= 11 is 0. The van der Waals surface area contributed by atoms with Crippen LogP contribution in [-0.4, -0.2) is 38.7 Å². The number of carbonyl (C=O) groups excluding carboxylic acids is 1. The Kier molecular flexibility index (Phi) is 4.58. The molecule has 0 unspecified atom stereocenters. The minimum absolute atomic E-state index is 0.142. The Bertz CT molecular complexity index is 757. The molecule has 0 aliphatic rings. The number of hydrogen-bond donors (Lipinski definition) is 2. The topological polar surface area (TPSA) is 84.7 Å². The van der Waals surface area contributed by atoms with Gasteiger partial charge in [-0.3, -0.25) is 9.78 Å². The first-order chi connectivity index (χ1) is 11.3. The van der Waals surface area contributed by atoms with E-state index in [2.05, 4.69) is 25.7 Å². The zero-order valence-electron chi connectivity index (χ0n) is 12.4. The molecule has 0 aliphatic carbocycles. The highest BCUT2D eigenvalue weighted by Gasteiger charge is 2.11. The second-order valence-corrected chi connectivity index (χ2v) is 4.74. The van der Waals surface area contributed by atoms with Crippen LogP contribution in [0.1, 0.15) is 10.4 Å². The zero-order chi connectivity index (χ0) is 15.9. The van der Waals surface area contributed by atoms with Crippen LogP contribution in [-0.2, 0) is 0 Å². The van der Waals surface area contributed by atoms with E-state index in [1.54, 1.807) is 35.5 Å². The fourth-order valence-corrected chi connectivity index (χ4v) is 2.13. The molecule has 0 radical (unpaired) electrons. The van der Waals surface area contributed by atoms with Crippen molar-refractivity contribution < 1.29 is 4.79 Å². The van der Waals surface area contributed by atoms with Crippen LogP contribution in [0, 0.1) is 0 Å². The van der Waals surface area contributed by atoms with E-state index in [1.165, 1.54) is 0 Å². The molecule has 3 aromatic rings. The van der Waals surface area contributed by atoms with Crippen molar-refractivity contribution in [3.05, 3.63) is 66.9 Å². The van der Waals surface area contributed by atoms with Gasteiger partial charge in [-0.05, 0) is 18.2 Å². The van der Waals surface area contributed by atoms with Crippen molar-refractivity contribution in [2.45, 2.75) is 0 Å². The predicted molar refractivity (Wildman–Crippen MR) is 86.4 cm³/mol. The highest BCUT2D eigenvalue weighted by molar-refractivity contribution is 5.97. The van der Waals surface area contributed by atoms with Crippen LogP contribution in [0.25, 0.3) is 5.69 Å². The number of benzene rings is 1. The minimum atomic E-state index is -0.142. The molecule has 0 saturated heterocycles. The van der Waals surface area contributed by atoms with Gasteiger partial charge in [-0.1, -0.05) is 12.1 Å². The number of para-hydroxylation sites is 1. The average Bonchev–Trinajstić information content (AvgIpc) is 3.14. The normalized spacial score (nSPS) is 10.3. The summed E-state index contributed by atoms with van der Waals surface area (Å²) < 4.78 is 1.67. The van der Waals surface area contributed by atoms with Gasteiger partial charge in [-0.2, -0.15) is 5.10 Å². The first-order valence-corrected chi connectivity index (χ1v) is 7.22. The summed E-state index contributed by atoms with van der Waals surface area (Å²) in [5.74, 6) is 0.538. The highest BCUT2D eigenvalue weighted by atomic mass is 16.1. The van der Waals surface area contributed by atoms with Gasteiger partial charge in [0.15, 0.2) is 0 Å². The molecular formula is C16H16N6O. The maximum Gasteiger partial charge on any atom is 0.253 e. The lowest BCUT2D eigenvalue weighted by molar-refractivity contribution is 0.0955. The van der Waals surface area contributed by atoms with Gasteiger partial charge in [-0.15, -0.1) is 0 Å². The second-order valence-electron chi connectivity index (χ2n) is 4.74. The minimum Gasteiger partial charge on any atom is -0.367 e. The van der Waals surface area contributed by atoms with Crippen molar-refractivity contribution in [2.75, 3.05) is 18.4 Å². The molecule has 0 aliphatic heterocycles. The fourth-order valence-electron chi connectivity index (χ4n) is 2.13. The molecule has 2 N–H and O–H groups in total. The van der Waals surface area contributed by atoms with Gasteiger partial charge >= 0.3 is 0 Å². The Labute approximate surface area is 133 Å². The van der Waals surface area contributed by atoms with E-state index >= 15 is 0 Å². The Morgan fingerprint density at radius 2 is 2.00 bits per heavy atom. The van der Waals surface area contributed by atoms with E-state index in [0.717, 1.165) is 5.69 Å². The molecule has 3 rings (SSSR count). The van der Waals surface area contributed by atoms with Crippen molar-refractivity contribution in [1.82, 2.24) is 25.1 Å². The lowest BCUT2D eigenvalue weighted by Crippen LogP contribution is -2.29. The third-order valence-corrected chi connectivity index (χ3v) is 3.18. The monoisotopic (exact) mass is 308 g/mol. The molecule has 116 valence electrons. The van der Waals surface area contributed by atoms with Crippen molar-refractivity contribution in [2.24, 2.45) is 0 Å². The number of nitrogens with one attached hydrogen (secondary N) is 2. The van der Waals surface area contributed by atoms with Gasteiger partial charge in [0, 0.05) is 37.9 Å². The molecule has 1 aromatic carbocycles. The number of carbonyl (C=O) groups is 1. The molecule has 7 nitrogen and oxygen atoms in total. The Hall–Kier alpha value is -3.22. The lowest BCUT2D eigenvalue weighted by atomic mass is 10.1. The summed E-state index contributed by atoms with van der Waals surface area (Å²) in [5.41, 5.74) is 1.33. The van der Waals surface area contributed by atoms with Crippen LogP contribution in [0.2, 0.25) is 0 Å². The zero-order valence-corrected chi connectivity index (χ0v) is 12.4. The van der Waals surface area contributed by atoms with E-state index in [4.69, 9.17) is 0 Å². The smallest absolute Gasteiger partial charge is 0.253 e. The molecule has 1 amide bonds. The van der Waals surface area contributed by atoms with Gasteiger partial charge < -0.3 is 10.6 Å². The van der Waals surface area contributed by atoms with Crippen molar-refractivity contribution in [3.8, 4) is 5.69 Å². The average molecular weight is 308 g/mol. The first-order valence-electron chi connectivity index (χ1n) is 7.22. The molecular weight excluding hydrogens is 292 g/mol. The van der Waals surface area contributed by atoms with Crippen LogP contribution in [0.15, 0.2) is 61.3 Å². The van der Waals surface area contributed by atoms with E-state index in [0.29, 0.717) is 24.5 Å². The highest BCUT2D eigenvalue weighted by Crippen LogP contribution is 2.13. The standard InChI is InChI=1S/C16H16N6O/c23-16(20-10-9-19-15-12-17-7-8-18-15)13-4-1-2-5-14(13)22-11-3-6-21-22/h1-8,11-12H,9-10H2,(H,18,19)(H,20,23). The van der Waals surface area contributed by atoms with Gasteiger partial charge in [0.25, 0.3) is 5.91 Å². The number of anilines is 1. The SMILES string of the molecule is O=C(NCCNc1cnccn1)c1ccccc1-n1cccn1. The molecule has 0 atom stereocenters. The third kappa shape index (κ3) is 3.70. The predicted octanol–water partition coefficient (Wildman–Crippen LogP) is 1.50. The van der Waals surface area contributed by atoms with E-state index in [-0.39, 0.29) is 5.91 Å². The third-order valence-electron chi connectivity index (χ3n) is 3.18. The molecule has 2 aromatic heterocycles. The summed E-state index contributed by atoms with van der Waals surface area (Å²) in [6, 6.07) is 9.17. The van der Waals surface area contributed by atoms with Crippen LogP contribution < -0.4 is 10.6 Å². The summed E-state index contributed by atoms with van der Waals surface area (Å²) in [6.07, 6.45) is 8.34. The van der Waals surface area contributed by atoms with Crippen LogP contribution in [0.3, 0.4) is 0 Å². The van der Waals surface area contributed by atoms with Crippen LogP contribution in [0.4, 0.5) is 5.82 Å². The van der Waals surface area contributed by atoms with Crippen molar-refractivity contribution in [3.63, 3.8) is 0 Å². The quantitative estimate of drug-likeness (QED) is 0.674. The van der Waals surface area contributed by atoms with Crippen molar-refractivity contribution >= 4 is 11.7 Å². The molecule has 0 spiro atoms. The van der Waals surface area contributed by atoms with Gasteiger partial charge in [0.1, 0.15) is 5.82 Å². The second kappa shape index (κ2) is 7.17. The van der Waals surface area contributed by atoms with E-state index in [9.17, 15) is 4.79 Å². The number of nitrogens with zero attached hydrogens (tertiary/aromatic N) is 4. The number of amides is 1. The Morgan fingerprint density at radius 1 is 1.09 bits per heavy atom. The molecule has 2 heterocycles. The first kappa shape index (κ1) is 14.7. The van der Waals surface area contributed by atoms with Crippen LogP contribution in [0.5, 0.6) is 0 Å². The summed E-state index contributed by atoms with van der Waals surface area (Å²) in [5, 5.41) is 10.1. The molecule has 0 fully saturated rings. The summed E-state index contributed by atoms with van der Waals surface area (Å²) in [6.45, 7) is 1.04. The summed E-state index contributed by atoms with van der Waals surface area (Å²) in [7, 11) is 0. The van der Waals surface area contributed by atoms with Gasteiger partial charge in [0.2, 0.25) is 0 Å². The largest absolute Gasteiger partial charge is 0.367 e. The van der Waals surface area contributed by atoms with Gasteiger partial charge in [-0.25, -0.2) is 9.67 Å². The number of hydrogen-bond acceptors (Lipinski definition) is 5. The Balaban J connectivity index is 1.59. The number of aromatic nitrogens is 4. The maximum atomic E-state index is 12.4. The van der Waals surface area contributed by atoms with Crippen molar-refractivity contribution in [1.29, 1.82) is 0 Å². The fraction of sp³-hybridized carbons (Fsp3) is 0.125. The molecule has 0 bridgehead atoms. The maximum absolute atomic E-state index is 12.4. The molecule has 7 heteroatoms. The van der Waals surface area contributed by atoms with E-state index < -0.39 is 0 Å². The molecule has 0 saturated carbocycles. The Morgan fingerprint density at radius 3 is 2.78 bits per heavy atom. The lowest BCUT2D eigenvalue weighted by Gasteiger charge is -2.10. The molecule has 23 heavy (non-hydrogen) atoms. The van der Waals surface area contributed by atoms with E-state index in [1.807, 2.05) is 30.5 Å². The number of rotatable bonds is 6.